The number of ether oxygens (including phenoxy) is 1. The first-order chi connectivity index (χ1) is 7.92. The quantitative estimate of drug-likeness (QED) is 0.618. The van der Waals surface area contributed by atoms with Crippen LogP contribution in [0.15, 0.2) is 27.7 Å². The van der Waals surface area contributed by atoms with Crippen LogP contribution in [0.4, 0.5) is 13.2 Å². The van der Waals surface area contributed by atoms with Crippen molar-refractivity contribution >= 4 is 23.8 Å². The summed E-state index contributed by atoms with van der Waals surface area (Å²) < 4.78 is 46.0. The van der Waals surface area contributed by atoms with Crippen molar-refractivity contribution in [2.24, 2.45) is 0 Å². The van der Waals surface area contributed by atoms with Crippen molar-refractivity contribution < 1.29 is 27.1 Å². The average molecular weight is 266 g/mol. The number of halogens is 3. The molecule has 17 heavy (non-hydrogen) atoms. The summed E-state index contributed by atoms with van der Waals surface area (Å²) in [6, 6.07) is 2.95. The molecule has 0 aliphatic heterocycles. The summed E-state index contributed by atoms with van der Waals surface area (Å²) in [4.78, 5) is 10.7. The second kappa shape index (κ2) is 5.81. The molecule has 1 rings (SSSR count). The van der Waals surface area contributed by atoms with Crippen molar-refractivity contribution in [3.63, 3.8) is 0 Å². The molecule has 0 atom stereocenters. The molecule has 0 fully saturated rings. The van der Waals surface area contributed by atoms with Gasteiger partial charge in [0, 0.05) is 6.08 Å². The molecular formula is C10H9F3O3S. The summed E-state index contributed by atoms with van der Waals surface area (Å²) in [6.07, 6.45) is 2.29. The van der Waals surface area contributed by atoms with Gasteiger partial charge >= 0.3 is 11.5 Å². The smallest absolute Gasteiger partial charge is 0.446 e. The van der Waals surface area contributed by atoms with Crippen LogP contribution < -0.4 is 0 Å². The summed E-state index contributed by atoms with van der Waals surface area (Å²) in [6.45, 7) is 1.52. The first kappa shape index (κ1) is 13.7. The van der Waals surface area contributed by atoms with E-state index in [4.69, 9.17) is 4.42 Å². The van der Waals surface area contributed by atoms with Crippen LogP contribution in [0.25, 0.3) is 6.08 Å². The Hall–Kier alpha value is -1.37. The number of rotatable bonds is 4. The van der Waals surface area contributed by atoms with Gasteiger partial charge in [-0.05, 0) is 30.8 Å². The Bertz CT molecular complexity index is 395. The van der Waals surface area contributed by atoms with E-state index >= 15 is 0 Å². The zero-order valence-electron chi connectivity index (χ0n) is 8.78. The highest BCUT2D eigenvalue weighted by Crippen LogP contribution is 2.37. The van der Waals surface area contributed by atoms with Crippen LogP contribution in [0.5, 0.6) is 0 Å². The third kappa shape index (κ3) is 4.99. The predicted octanol–water partition coefficient (Wildman–Crippen LogP) is 3.44. The van der Waals surface area contributed by atoms with Gasteiger partial charge in [0.05, 0.1) is 12.9 Å². The molecule has 3 nitrogen and oxygen atoms in total. The van der Waals surface area contributed by atoms with Gasteiger partial charge in [-0.1, -0.05) is 0 Å². The largest absolute Gasteiger partial charge is 0.465 e. The minimum Gasteiger partial charge on any atom is -0.465 e. The third-order valence-corrected chi connectivity index (χ3v) is 2.25. The van der Waals surface area contributed by atoms with Crippen molar-refractivity contribution in [3.8, 4) is 0 Å². The van der Waals surface area contributed by atoms with E-state index in [1.165, 1.54) is 25.3 Å². The van der Waals surface area contributed by atoms with Crippen LogP contribution in [-0.4, -0.2) is 18.1 Å². The van der Waals surface area contributed by atoms with Crippen molar-refractivity contribution in [1.82, 2.24) is 0 Å². The lowest BCUT2D eigenvalue weighted by Crippen LogP contribution is -2.10. The lowest BCUT2D eigenvalue weighted by Gasteiger charge is -2.08. The van der Waals surface area contributed by atoms with Gasteiger partial charge in [-0.25, -0.2) is 4.79 Å². The highest BCUT2D eigenvalue weighted by molar-refractivity contribution is 8.04. The zero-order chi connectivity index (χ0) is 12.9. The fraction of sp³-hybridized carbons (Fsp3) is 0.300. The summed E-state index contributed by atoms with van der Waals surface area (Å²) in [5, 5.41) is 0. The number of thioether (sulfide) groups is 1. The third-order valence-electron chi connectivity index (χ3n) is 1.52. The van der Waals surface area contributed by atoms with Gasteiger partial charge in [0.1, 0.15) is 10.7 Å². The Morgan fingerprint density at radius 1 is 1.59 bits per heavy atom. The minimum absolute atomic E-state index is 0.00669. The van der Waals surface area contributed by atoms with Crippen LogP contribution in [-0.2, 0) is 9.53 Å². The first-order valence-corrected chi connectivity index (χ1v) is 5.42. The van der Waals surface area contributed by atoms with Crippen LogP contribution >= 0.6 is 11.8 Å². The summed E-state index contributed by atoms with van der Waals surface area (Å²) in [5.41, 5.74) is -4.55. The molecule has 0 N–H and O–H groups in total. The average Bonchev–Trinajstić information content (AvgIpc) is 2.67. The Balaban J connectivity index is 2.90. The van der Waals surface area contributed by atoms with E-state index in [2.05, 4.69) is 4.74 Å². The lowest BCUT2D eigenvalue weighted by atomic mass is 10.4. The fourth-order valence-corrected chi connectivity index (χ4v) is 1.53. The Morgan fingerprint density at radius 3 is 2.76 bits per heavy atom. The van der Waals surface area contributed by atoms with Crippen molar-refractivity contribution in [3.05, 3.63) is 29.1 Å². The van der Waals surface area contributed by atoms with Gasteiger partial charge < -0.3 is 9.15 Å². The highest BCUT2D eigenvalue weighted by atomic mass is 32.2. The summed E-state index contributed by atoms with van der Waals surface area (Å²) >= 11 is -0.525. The molecule has 0 aromatic carbocycles. The minimum atomic E-state index is -4.55. The number of carbonyl (C=O) groups excluding carboxylic acids is 1. The van der Waals surface area contributed by atoms with Gasteiger partial charge in [-0.3, -0.25) is 0 Å². The van der Waals surface area contributed by atoms with Gasteiger partial charge in [-0.2, -0.15) is 13.2 Å². The molecule has 0 unspecified atom stereocenters. The van der Waals surface area contributed by atoms with Crippen LogP contribution in [0.1, 0.15) is 12.7 Å². The SMILES string of the molecule is CCOC(=O)/C(=C/c1ccco1)SC(F)(F)F. The molecule has 0 amide bonds. The Kier molecular flexibility index (Phi) is 4.68. The molecule has 0 aliphatic rings. The van der Waals surface area contributed by atoms with E-state index in [-0.39, 0.29) is 12.4 Å². The number of furan rings is 1. The fourth-order valence-electron chi connectivity index (χ4n) is 0.960. The standard InChI is InChI=1S/C10H9F3O3S/c1-2-15-9(14)8(17-10(11,12)13)6-7-4-3-5-16-7/h3-6H,2H2,1H3/b8-6-. The van der Waals surface area contributed by atoms with E-state index in [1.54, 1.807) is 0 Å². The maximum atomic E-state index is 12.2. The molecule has 94 valence electrons. The highest BCUT2D eigenvalue weighted by Gasteiger charge is 2.33. The molecule has 0 saturated carbocycles. The normalized spacial score (nSPS) is 12.6. The first-order valence-electron chi connectivity index (χ1n) is 4.60. The molecule has 1 aromatic rings. The maximum absolute atomic E-state index is 12.2. The van der Waals surface area contributed by atoms with Crippen molar-refractivity contribution in [1.29, 1.82) is 0 Å². The molecule has 1 heterocycles. The number of esters is 1. The topological polar surface area (TPSA) is 39.4 Å². The molecule has 0 radical (unpaired) electrons. The Labute approximate surface area is 99.6 Å². The lowest BCUT2D eigenvalue weighted by molar-refractivity contribution is -0.137. The molecule has 7 heteroatoms. The van der Waals surface area contributed by atoms with Crippen LogP contribution in [0.3, 0.4) is 0 Å². The molecule has 0 aliphatic carbocycles. The van der Waals surface area contributed by atoms with E-state index in [9.17, 15) is 18.0 Å². The van der Waals surface area contributed by atoms with Crippen LogP contribution in [0.2, 0.25) is 0 Å². The van der Waals surface area contributed by atoms with Crippen molar-refractivity contribution in [2.75, 3.05) is 6.61 Å². The number of hydrogen-bond acceptors (Lipinski definition) is 4. The van der Waals surface area contributed by atoms with Gasteiger partial charge in [0.15, 0.2) is 0 Å². The molecule has 0 bridgehead atoms. The van der Waals surface area contributed by atoms with E-state index in [0.717, 1.165) is 6.08 Å². The van der Waals surface area contributed by atoms with Gasteiger partial charge in [0.25, 0.3) is 0 Å². The predicted molar refractivity (Wildman–Crippen MR) is 57.0 cm³/mol. The van der Waals surface area contributed by atoms with Gasteiger partial charge in [-0.15, -0.1) is 0 Å². The van der Waals surface area contributed by atoms with E-state index in [1.807, 2.05) is 0 Å². The number of carbonyl (C=O) groups is 1. The summed E-state index contributed by atoms with van der Waals surface area (Å²) in [7, 11) is 0. The van der Waals surface area contributed by atoms with Crippen molar-refractivity contribution in [2.45, 2.75) is 12.4 Å². The van der Waals surface area contributed by atoms with Crippen LogP contribution in [0, 0.1) is 0 Å². The van der Waals surface area contributed by atoms with E-state index in [0.29, 0.717) is 0 Å². The second-order valence-corrected chi connectivity index (χ2v) is 3.90. The molecule has 1 aromatic heterocycles. The molecular weight excluding hydrogens is 257 g/mol. The summed E-state index contributed by atoms with van der Waals surface area (Å²) in [5.74, 6) is -0.865. The van der Waals surface area contributed by atoms with Gasteiger partial charge in [0.2, 0.25) is 0 Å². The maximum Gasteiger partial charge on any atom is 0.446 e. The Morgan fingerprint density at radius 2 is 2.29 bits per heavy atom. The molecule has 0 saturated heterocycles. The zero-order valence-corrected chi connectivity index (χ0v) is 9.60. The monoisotopic (exact) mass is 266 g/mol. The number of hydrogen-bond donors (Lipinski definition) is 0. The second-order valence-electron chi connectivity index (χ2n) is 2.79. The number of alkyl halides is 3. The molecule has 0 spiro atoms. The van der Waals surface area contributed by atoms with E-state index < -0.39 is 28.1 Å².